The number of nitrogens with zero attached hydrogens (tertiary/aromatic N) is 2. The van der Waals surface area contributed by atoms with Crippen LogP contribution in [0.15, 0.2) is 12.3 Å². The average Bonchev–Trinajstić information content (AvgIpc) is 2.71. The molecule has 0 saturated heterocycles. The molecule has 1 atom stereocenters. The van der Waals surface area contributed by atoms with E-state index >= 15 is 0 Å². The van der Waals surface area contributed by atoms with Gasteiger partial charge in [0, 0.05) is 37.2 Å². The first-order chi connectivity index (χ1) is 6.31. The van der Waals surface area contributed by atoms with Gasteiger partial charge in [0.1, 0.15) is 5.78 Å². The number of carbonyl (C=O) groups excluding carboxylic acids is 1. The van der Waals surface area contributed by atoms with Gasteiger partial charge in [0.2, 0.25) is 0 Å². The zero-order chi connectivity index (χ0) is 9.26. The van der Waals surface area contributed by atoms with Crippen molar-refractivity contribution in [2.45, 2.75) is 38.6 Å². The summed E-state index contributed by atoms with van der Waals surface area (Å²) >= 11 is 0. The fourth-order valence-corrected chi connectivity index (χ4v) is 2.02. The second-order valence-corrected chi connectivity index (χ2v) is 3.55. The van der Waals surface area contributed by atoms with E-state index < -0.39 is 0 Å². The molecule has 3 nitrogen and oxygen atoms in total. The molecule has 1 aromatic rings. The van der Waals surface area contributed by atoms with Crippen molar-refractivity contribution in [1.29, 1.82) is 0 Å². The van der Waals surface area contributed by atoms with E-state index in [0.29, 0.717) is 18.1 Å². The van der Waals surface area contributed by atoms with Gasteiger partial charge in [-0.2, -0.15) is 5.10 Å². The van der Waals surface area contributed by atoms with Gasteiger partial charge in [0.05, 0.1) is 0 Å². The van der Waals surface area contributed by atoms with Crippen LogP contribution in [0.3, 0.4) is 0 Å². The first-order valence-electron chi connectivity index (χ1n) is 4.84. The molecule has 1 heterocycles. The van der Waals surface area contributed by atoms with Crippen molar-refractivity contribution >= 4 is 5.78 Å². The Morgan fingerprint density at radius 2 is 2.54 bits per heavy atom. The van der Waals surface area contributed by atoms with Crippen molar-refractivity contribution in [1.82, 2.24) is 9.78 Å². The maximum Gasteiger partial charge on any atom is 0.133 e. The van der Waals surface area contributed by atoms with Crippen LogP contribution >= 0.6 is 0 Å². The van der Waals surface area contributed by atoms with Gasteiger partial charge >= 0.3 is 0 Å². The molecule has 2 rings (SSSR count). The van der Waals surface area contributed by atoms with Crippen molar-refractivity contribution in [2.24, 2.45) is 0 Å². The number of carbonyl (C=O) groups is 1. The van der Waals surface area contributed by atoms with E-state index in [9.17, 15) is 4.79 Å². The zero-order valence-electron chi connectivity index (χ0n) is 7.86. The van der Waals surface area contributed by atoms with Crippen molar-refractivity contribution in [3.63, 3.8) is 0 Å². The summed E-state index contributed by atoms with van der Waals surface area (Å²) in [4.78, 5) is 11.1. The molecule has 1 saturated carbocycles. The second-order valence-electron chi connectivity index (χ2n) is 3.55. The molecule has 0 N–H and O–H groups in total. The third-order valence-corrected chi connectivity index (χ3v) is 2.71. The lowest BCUT2D eigenvalue weighted by molar-refractivity contribution is -0.117. The number of Topliss-reactive ketones (excluding diaryl/α,β-unsaturated/α-hetero) is 1. The summed E-state index contributed by atoms with van der Waals surface area (Å²) in [6.45, 7) is 2.97. The molecule has 0 unspecified atom stereocenters. The van der Waals surface area contributed by atoms with Crippen molar-refractivity contribution in [3.05, 3.63) is 18.0 Å². The first kappa shape index (κ1) is 8.48. The minimum Gasteiger partial charge on any atom is -0.300 e. The highest BCUT2D eigenvalue weighted by Gasteiger charge is 2.25. The quantitative estimate of drug-likeness (QED) is 0.691. The molecule has 13 heavy (non-hydrogen) atoms. The highest BCUT2D eigenvalue weighted by atomic mass is 16.1. The number of aromatic nitrogens is 2. The summed E-state index contributed by atoms with van der Waals surface area (Å²) in [7, 11) is 0. The lowest BCUT2D eigenvalue weighted by Crippen LogP contribution is -2.06. The fourth-order valence-electron chi connectivity index (χ4n) is 2.02. The molecule has 0 aliphatic heterocycles. The smallest absolute Gasteiger partial charge is 0.133 e. The summed E-state index contributed by atoms with van der Waals surface area (Å²) in [5.41, 5.74) is 1.23. The molecule has 70 valence electrons. The highest BCUT2D eigenvalue weighted by Crippen LogP contribution is 2.31. The van der Waals surface area contributed by atoms with Crippen LogP contribution in [0.2, 0.25) is 0 Å². The van der Waals surface area contributed by atoms with Gasteiger partial charge in [0.15, 0.2) is 0 Å². The lowest BCUT2D eigenvalue weighted by atomic mass is 10.0. The van der Waals surface area contributed by atoms with Crippen molar-refractivity contribution in [2.75, 3.05) is 0 Å². The summed E-state index contributed by atoms with van der Waals surface area (Å²) in [6, 6.07) is 2.03. The molecule has 3 heteroatoms. The van der Waals surface area contributed by atoms with Gasteiger partial charge in [-0.3, -0.25) is 9.48 Å². The normalized spacial score (nSPS) is 22.5. The van der Waals surface area contributed by atoms with Gasteiger partial charge < -0.3 is 0 Å². The number of hydrogen-bond acceptors (Lipinski definition) is 2. The Kier molecular flexibility index (Phi) is 2.17. The average molecular weight is 178 g/mol. The molecule has 0 radical (unpaired) electrons. The van der Waals surface area contributed by atoms with Crippen LogP contribution in [0.4, 0.5) is 0 Å². The van der Waals surface area contributed by atoms with Gasteiger partial charge in [-0.25, -0.2) is 0 Å². The number of hydrogen-bond donors (Lipinski definition) is 0. The Labute approximate surface area is 77.7 Å². The Bertz CT molecular complexity index is 316. The van der Waals surface area contributed by atoms with Gasteiger partial charge in [-0.15, -0.1) is 0 Å². The number of ketones is 1. The van der Waals surface area contributed by atoms with E-state index in [-0.39, 0.29) is 0 Å². The van der Waals surface area contributed by atoms with E-state index in [0.717, 1.165) is 19.4 Å². The van der Waals surface area contributed by atoms with Crippen LogP contribution in [0.1, 0.15) is 37.8 Å². The molecule has 1 aliphatic rings. The SMILES string of the molecule is CCn1nccc1[C@@H]1CCC(=O)C1. The van der Waals surface area contributed by atoms with Crippen LogP contribution in [0, 0.1) is 0 Å². The lowest BCUT2D eigenvalue weighted by Gasteiger charge is -2.09. The summed E-state index contributed by atoms with van der Waals surface area (Å²) in [5.74, 6) is 0.823. The molecule has 0 amide bonds. The zero-order valence-corrected chi connectivity index (χ0v) is 7.86. The van der Waals surface area contributed by atoms with Crippen LogP contribution < -0.4 is 0 Å². The Balaban J connectivity index is 2.20. The molecule has 0 spiro atoms. The Morgan fingerprint density at radius 3 is 3.15 bits per heavy atom. The maximum atomic E-state index is 11.1. The molecule has 1 aromatic heterocycles. The summed E-state index contributed by atoms with van der Waals surface area (Å²) < 4.78 is 1.99. The number of aryl methyl sites for hydroxylation is 1. The fraction of sp³-hybridized carbons (Fsp3) is 0.600. The predicted molar refractivity (Wildman–Crippen MR) is 49.5 cm³/mol. The third kappa shape index (κ3) is 1.50. The molecule has 1 aliphatic carbocycles. The third-order valence-electron chi connectivity index (χ3n) is 2.71. The van der Waals surface area contributed by atoms with Crippen molar-refractivity contribution < 1.29 is 4.79 Å². The molecular formula is C10H14N2O. The Morgan fingerprint density at radius 1 is 1.69 bits per heavy atom. The Hall–Kier alpha value is -1.12. The predicted octanol–water partition coefficient (Wildman–Crippen LogP) is 1.74. The van der Waals surface area contributed by atoms with E-state index in [1.54, 1.807) is 0 Å². The van der Waals surface area contributed by atoms with Gasteiger partial charge in [0.25, 0.3) is 0 Å². The standard InChI is InChI=1S/C10H14N2O/c1-2-12-10(5-6-11-12)8-3-4-9(13)7-8/h5-6,8H,2-4,7H2,1H3/t8-/m1/s1. The van der Waals surface area contributed by atoms with E-state index in [2.05, 4.69) is 12.0 Å². The molecule has 0 bridgehead atoms. The monoisotopic (exact) mass is 178 g/mol. The molecular weight excluding hydrogens is 164 g/mol. The second kappa shape index (κ2) is 3.32. The molecule has 1 fully saturated rings. The minimum absolute atomic E-state index is 0.397. The topological polar surface area (TPSA) is 34.9 Å². The molecule has 0 aromatic carbocycles. The van der Waals surface area contributed by atoms with Crippen molar-refractivity contribution in [3.8, 4) is 0 Å². The van der Waals surface area contributed by atoms with Gasteiger partial charge in [-0.1, -0.05) is 0 Å². The van der Waals surface area contributed by atoms with Crippen LogP contribution in [-0.4, -0.2) is 15.6 Å². The number of rotatable bonds is 2. The maximum absolute atomic E-state index is 11.1. The van der Waals surface area contributed by atoms with Crippen LogP contribution in [-0.2, 0) is 11.3 Å². The van der Waals surface area contributed by atoms with Gasteiger partial charge in [-0.05, 0) is 19.4 Å². The summed E-state index contributed by atoms with van der Waals surface area (Å²) in [5, 5.41) is 4.21. The summed E-state index contributed by atoms with van der Waals surface area (Å²) in [6.07, 6.45) is 4.29. The highest BCUT2D eigenvalue weighted by molar-refractivity contribution is 5.81. The van der Waals surface area contributed by atoms with E-state index in [4.69, 9.17) is 0 Å². The van der Waals surface area contributed by atoms with Crippen LogP contribution in [0.5, 0.6) is 0 Å². The van der Waals surface area contributed by atoms with Crippen LogP contribution in [0.25, 0.3) is 0 Å². The van der Waals surface area contributed by atoms with E-state index in [1.807, 2.05) is 16.9 Å². The minimum atomic E-state index is 0.397. The first-order valence-corrected chi connectivity index (χ1v) is 4.84. The van der Waals surface area contributed by atoms with E-state index in [1.165, 1.54) is 5.69 Å². The largest absolute Gasteiger partial charge is 0.300 e.